The molecule has 0 bridgehead atoms. The largest absolute Gasteiger partial charge is 0.391 e. The number of thiazole rings is 1. The van der Waals surface area contributed by atoms with Gasteiger partial charge in [0.15, 0.2) is 5.13 Å². The lowest BCUT2D eigenvalue weighted by atomic mass is 10.2. The predicted molar refractivity (Wildman–Crippen MR) is 70.2 cm³/mol. The number of para-hydroxylation sites is 1. The molecule has 17 heavy (non-hydrogen) atoms. The van der Waals surface area contributed by atoms with E-state index >= 15 is 0 Å². The summed E-state index contributed by atoms with van der Waals surface area (Å²) in [7, 11) is 0. The van der Waals surface area contributed by atoms with E-state index < -0.39 is 0 Å². The van der Waals surface area contributed by atoms with Crippen LogP contribution in [0.15, 0.2) is 24.3 Å². The van der Waals surface area contributed by atoms with Crippen molar-refractivity contribution in [2.24, 2.45) is 0 Å². The first-order chi connectivity index (χ1) is 8.29. The van der Waals surface area contributed by atoms with Gasteiger partial charge in [-0.3, -0.25) is 0 Å². The third-order valence-electron chi connectivity index (χ3n) is 2.90. The topological polar surface area (TPSA) is 36.4 Å². The monoisotopic (exact) mass is 266 g/mol. The van der Waals surface area contributed by atoms with E-state index in [1.165, 1.54) is 22.6 Å². The molecule has 1 aliphatic rings. The van der Waals surface area contributed by atoms with Gasteiger partial charge in [0.25, 0.3) is 0 Å². The molecule has 1 N–H and O–H groups in total. The third kappa shape index (κ3) is 1.82. The number of aromatic nitrogens is 1. The van der Waals surface area contributed by atoms with Gasteiger partial charge in [-0.2, -0.15) is 0 Å². The molecule has 0 unspecified atom stereocenters. The van der Waals surface area contributed by atoms with Crippen LogP contribution in [0.25, 0.3) is 0 Å². The van der Waals surface area contributed by atoms with Crippen LogP contribution in [0.2, 0.25) is 5.15 Å². The van der Waals surface area contributed by atoms with Crippen LogP contribution in [0.1, 0.15) is 10.4 Å². The number of hydrogen-bond acceptors (Lipinski definition) is 4. The van der Waals surface area contributed by atoms with Gasteiger partial charge in [-0.15, -0.1) is 0 Å². The standard InChI is InChI=1S/C12H11ClN2OS/c13-11-10(7-16)17-12(14-11)15-6-5-8-3-1-2-4-9(8)15/h1-4,16H,5-7H2. The number of nitrogens with zero attached hydrogens (tertiary/aromatic N) is 2. The quantitative estimate of drug-likeness (QED) is 0.908. The van der Waals surface area contributed by atoms with Crippen molar-refractivity contribution in [2.45, 2.75) is 13.0 Å². The van der Waals surface area contributed by atoms with Gasteiger partial charge in [-0.25, -0.2) is 4.98 Å². The smallest absolute Gasteiger partial charge is 0.191 e. The molecule has 0 atom stereocenters. The number of hydrogen-bond donors (Lipinski definition) is 1. The summed E-state index contributed by atoms with van der Waals surface area (Å²) in [6.45, 7) is 0.875. The molecule has 1 aromatic heterocycles. The number of rotatable bonds is 2. The van der Waals surface area contributed by atoms with E-state index in [0.717, 1.165) is 23.0 Å². The van der Waals surface area contributed by atoms with Crippen LogP contribution in [0.4, 0.5) is 10.8 Å². The number of aliphatic hydroxyl groups is 1. The normalized spacial score (nSPS) is 14.1. The molecular formula is C12H11ClN2OS. The molecule has 0 radical (unpaired) electrons. The molecule has 3 nitrogen and oxygen atoms in total. The zero-order chi connectivity index (χ0) is 11.8. The fourth-order valence-corrected chi connectivity index (χ4v) is 3.23. The van der Waals surface area contributed by atoms with Crippen LogP contribution in [0.3, 0.4) is 0 Å². The second kappa shape index (κ2) is 4.29. The van der Waals surface area contributed by atoms with Gasteiger partial charge in [0.05, 0.1) is 11.5 Å². The SMILES string of the molecule is OCc1sc(N2CCc3ccccc32)nc1Cl. The van der Waals surface area contributed by atoms with E-state index in [1.807, 2.05) is 6.07 Å². The Kier molecular flexibility index (Phi) is 2.78. The molecule has 88 valence electrons. The Morgan fingerprint density at radius 2 is 2.24 bits per heavy atom. The molecule has 0 spiro atoms. The summed E-state index contributed by atoms with van der Waals surface area (Å²) in [5.74, 6) is 0. The Morgan fingerprint density at radius 3 is 3.00 bits per heavy atom. The number of halogens is 1. The first-order valence-electron chi connectivity index (χ1n) is 5.41. The van der Waals surface area contributed by atoms with Crippen LogP contribution in [-0.4, -0.2) is 16.6 Å². The summed E-state index contributed by atoms with van der Waals surface area (Å²) < 4.78 is 0. The molecule has 0 fully saturated rings. The Labute approximate surface area is 108 Å². The van der Waals surface area contributed by atoms with E-state index in [4.69, 9.17) is 16.7 Å². The maximum Gasteiger partial charge on any atom is 0.191 e. The van der Waals surface area contributed by atoms with Gasteiger partial charge in [0, 0.05) is 12.2 Å². The van der Waals surface area contributed by atoms with Crippen molar-refractivity contribution in [1.82, 2.24) is 4.98 Å². The highest BCUT2D eigenvalue weighted by atomic mass is 35.5. The molecule has 5 heteroatoms. The van der Waals surface area contributed by atoms with Gasteiger partial charge in [0.2, 0.25) is 0 Å². The lowest BCUT2D eigenvalue weighted by Gasteiger charge is -2.15. The lowest BCUT2D eigenvalue weighted by Crippen LogP contribution is -2.12. The lowest BCUT2D eigenvalue weighted by molar-refractivity contribution is 0.285. The van der Waals surface area contributed by atoms with Crippen molar-refractivity contribution in [3.8, 4) is 0 Å². The summed E-state index contributed by atoms with van der Waals surface area (Å²) in [5.41, 5.74) is 2.53. The van der Waals surface area contributed by atoms with E-state index in [0.29, 0.717) is 5.15 Å². The van der Waals surface area contributed by atoms with Crippen LogP contribution < -0.4 is 4.90 Å². The summed E-state index contributed by atoms with van der Waals surface area (Å²) in [4.78, 5) is 7.20. The average molecular weight is 267 g/mol. The second-order valence-electron chi connectivity index (χ2n) is 3.90. The molecule has 0 aliphatic carbocycles. The van der Waals surface area contributed by atoms with Crippen molar-refractivity contribution >= 4 is 33.8 Å². The van der Waals surface area contributed by atoms with Gasteiger partial charge < -0.3 is 10.0 Å². The maximum absolute atomic E-state index is 9.14. The van der Waals surface area contributed by atoms with E-state index in [1.54, 1.807) is 0 Å². The van der Waals surface area contributed by atoms with Crippen molar-refractivity contribution in [1.29, 1.82) is 0 Å². The number of benzene rings is 1. The molecule has 0 amide bonds. The molecule has 1 aromatic carbocycles. The number of fused-ring (bicyclic) bond motifs is 1. The molecule has 1 aliphatic heterocycles. The van der Waals surface area contributed by atoms with E-state index in [-0.39, 0.29) is 6.61 Å². The third-order valence-corrected chi connectivity index (χ3v) is 4.39. The van der Waals surface area contributed by atoms with E-state index in [9.17, 15) is 0 Å². The average Bonchev–Trinajstić information content (AvgIpc) is 2.92. The van der Waals surface area contributed by atoms with Gasteiger partial charge in [0.1, 0.15) is 5.15 Å². The maximum atomic E-state index is 9.14. The van der Waals surface area contributed by atoms with Crippen molar-refractivity contribution in [2.75, 3.05) is 11.4 Å². The Balaban J connectivity index is 2.01. The summed E-state index contributed by atoms with van der Waals surface area (Å²) in [5, 5.41) is 10.4. The summed E-state index contributed by atoms with van der Waals surface area (Å²) in [6.07, 6.45) is 1.03. The number of aliphatic hydroxyl groups excluding tert-OH is 1. The minimum absolute atomic E-state index is 0.0496. The van der Waals surface area contributed by atoms with Crippen LogP contribution >= 0.6 is 22.9 Å². The highest BCUT2D eigenvalue weighted by Crippen LogP contribution is 2.38. The Morgan fingerprint density at radius 1 is 1.41 bits per heavy atom. The van der Waals surface area contributed by atoms with E-state index in [2.05, 4.69) is 28.1 Å². The molecule has 2 aromatic rings. The summed E-state index contributed by atoms with van der Waals surface area (Å²) >= 11 is 7.42. The molecule has 2 heterocycles. The predicted octanol–water partition coefficient (Wildman–Crippen LogP) is 2.98. The van der Waals surface area contributed by atoms with Crippen molar-refractivity contribution in [3.63, 3.8) is 0 Å². The minimum Gasteiger partial charge on any atom is -0.391 e. The zero-order valence-electron chi connectivity index (χ0n) is 9.06. The Bertz CT molecular complexity index is 555. The number of anilines is 2. The zero-order valence-corrected chi connectivity index (χ0v) is 10.6. The summed E-state index contributed by atoms with van der Waals surface area (Å²) in [6, 6.07) is 8.31. The molecular weight excluding hydrogens is 256 g/mol. The second-order valence-corrected chi connectivity index (χ2v) is 5.32. The van der Waals surface area contributed by atoms with Crippen LogP contribution in [0.5, 0.6) is 0 Å². The van der Waals surface area contributed by atoms with Gasteiger partial charge in [-0.05, 0) is 18.1 Å². The molecule has 3 rings (SSSR count). The van der Waals surface area contributed by atoms with Crippen LogP contribution in [-0.2, 0) is 13.0 Å². The molecule has 0 saturated carbocycles. The molecule has 0 saturated heterocycles. The van der Waals surface area contributed by atoms with Gasteiger partial charge in [-0.1, -0.05) is 41.1 Å². The van der Waals surface area contributed by atoms with Crippen LogP contribution in [0, 0.1) is 0 Å². The fraction of sp³-hybridized carbons (Fsp3) is 0.250. The van der Waals surface area contributed by atoms with Crippen molar-refractivity contribution < 1.29 is 5.11 Å². The highest BCUT2D eigenvalue weighted by molar-refractivity contribution is 7.16. The fourth-order valence-electron chi connectivity index (χ4n) is 2.07. The Hall–Kier alpha value is -1.10. The minimum atomic E-state index is -0.0496. The first kappa shape index (κ1) is 11.0. The first-order valence-corrected chi connectivity index (χ1v) is 6.60. The highest BCUT2D eigenvalue weighted by Gasteiger charge is 2.23. The van der Waals surface area contributed by atoms with Crippen molar-refractivity contribution in [3.05, 3.63) is 39.9 Å². The van der Waals surface area contributed by atoms with Gasteiger partial charge >= 0.3 is 0 Å².